The van der Waals surface area contributed by atoms with Gasteiger partial charge >= 0.3 is 0 Å². The molecule has 0 aromatic rings. The van der Waals surface area contributed by atoms with Crippen molar-refractivity contribution < 1.29 is 9.92 Å². The van der Waals surface area contributed by atoms with Gasteiger partial charge in [0.05, 0.1) is 0 Å². The Kier molecular flexibility index (Phi) is 6.15. The van der Waals surface area contributed by atoms with Gasteiger partial charge in [0, 0.05) is 13.1 Å². The fraction of sp³-hybridized carbons (Fsp3) is 1.00. The molecule has 0 amide bonds. The molecule has 1 heterocycles. The van der Waals surface area contributed by atoms with Gasteiger partial charge in [0.15, 0.2) is 0 Å². The maximum absolute atomic E-state index is 10.2. The van der Waals surface area contributed by atoms with E-state index in [2.05, 4.69) is 16.7 Å². The van der Waals surface area contributed by atoms with E-state index >= 15 is 0 Å². The lowest BCUT2D eigenvalue weighted by Crippen LogP contribution is -2.38. The molecular weight excluding hydrogens is 208 g/mol. The van der Waals surface area contributed by atoms with Crippen LogP contribution in [0.2, 0.25) is 0 Å². The quantitative estimate of drug-likeness (QED) is 0.382. The van der Waals surface area contributed by atoms with E-state index < -0.39 is 5.09 Å². The summed E-state index contributed by atoms with van der Waals surface area (Å²) in [6.45, 7) is 5.21. The molecule has 0 saturated carbocycles. The summed E-state index contributed by atoms with van der Waals surface area (Å²) in [6.07, 6.45) is 6.50. The minimum absolute atomic E-state index is 0.179. The fourth-order valence-corrected chi connectivity index (χ4v) is 2.12. The largest absolute Gasteiger partial charge is 0.310 e. The first-order valence-electron chi connectivity index (χ1n) is 6.26. The molecular formula is C11H22N2O3. The number of hydrogen-bond donors (Lipinski definition) is 0. The van der Waals surface area contributed by atoms with Crippen LogP contribution in [0, 0.1) is 10.1 Å². The van der Waals surface area contributed by atoms with Gasteiger partial charge in [-0.3, -0.25) is 0 Å². The van der Waals surface area contributed by atoms with Gasteiger partial charge in [-0.05, 0) is 25.8 Å². The van der Waals surface area contributed by atoms with E-state index in [1.807, 2.05) is 0 Å². The molecule has 0 atom stereocenters. The highest BCUT2D eigenvalue weighted by molar-refractivity contribution is 4.71. The summed E-state index contributed by atoms with van der Waals surface area (Å²) < 4.78 is 0. The molecule has 16 heavy (non-hydrogen) atoms. The molecule has 0 unspecified atom stereocenters. The molecule has 1 aliphatic rings. The van der Waals surface area contributed by atoms with E-state index in [1.54, 1.807) is 0 Å². The van der Waals surface area contributed by atoms with E-state index in [9.17, 15) is 10.1 Å². The lowest BCUT2D eigenvalue weighted by atomic mass is 10.1. The Labute approximate surface area is 96.9 Å². The highest BCUT2D eigenvalue weighted by atomic mass is 17.0. The van der Waals surface area contributed by atoms with E-state index in [4.69, 9.17) is 0 Å². The SMILES string of the molecule is CCCCCCN1CCC(O[N+](=O)[O-])CC1. The zero-order valence-corrected chi connectivity index (χ0v) is 10.1. The van der Waals surface area contributed by atoms with Gasteiger partial charge < -0.3 is 9.74 Å². The Morgan fingerprint density at radius 2 is 2.00 bits per heavy atom. The number of rotatable bonds is 7. The third kappa shape index (κ3) is 5.30. The second kappa shape index (κ2) is 7.44. The minimum atomic E-state index is -0.665. The zero-order valence-electron chi connectivity index (χ0n) is 10.1. The summed E-state index contributed by atoms with van der Waals surface area (Å²) in [6, 6.07) is 0. The van der Waals surface area contributed by atoms with Crippen LogP contribution in [0.15, 0.2) is 0 Å². The number of likely N-dealkylation sites (tertiary alicyclic amines) is 1. The molecule has 5 nitrogen and oxygen atoms in total. The van der Waals surface area contributed by atoms with Crippen molar-refractivity contribution in [3.8, 4) is 0 Å². The number of unbranched alkanes of at least 4 members (excludes halogenated alkanes) is 3. The zero-order chi connectivity index (χ0) is 11.8. The molecule has 1 aliphatic heterocycles. The van der Waals surface area contributed by atoms with E-state index in [1.165, 1.54) is 25.7 Å². The second-order valence-corrected chi connectivity index (χ2v) is 4.43. The van der Waals surface area contributed by atoms with Gasteiger partial charge in [-0.25, -0.2) is 0 Å². The first kappa shape index (κ1) is 13.2. The van der Waals surface area contributed by atoms with Crippen molar-refractivity contribution in [1.82, 2.24) is 4.90 Å². The second-order valence-electron chi connectivity index (χ2n) is 4.43. The van der Waals surface area contributed by atoms with Crippen molar-refractivity contribution in [3.05, 3.63) is 10.1 Å². The standard InChI is InChI=1S/C11H22N2O3/c1-2-3-4-5-8-12-9-6-11(7-10-12)16-13(14)15/h11H,2-10H2,1H3. The van der Waals surface area contributed by atoms with E-state index in [0.717, 1.165) is 32.5 Å². The van der Waals surface area contributed by atoms with Crippen LogP contribution in [-0.2, 0) is 4.84 Å². The third-order valence-corrected chi connectivity index (χ3v) is 3.10. The fourth-order valence-electron chi connectivity index (χ4n) is 2.12. The van der Waals surface area contributed by atoms with Gasteiger partial charge in [0.1, 0.15) is 6.10 Å². The Balaban J connectivity index is 2.05. The van der Waals surface area contributed by atoms with Gasteiger partial charge in [0.2, 0.25) is 0 Å². The smallest absolute Gasteiger partial charge is 0.294 e. The van der Waals surface area contributed by atoms with Crippen LogP contribution in [0.4, 0.5) is 0 Å². The molecule has 0 aromatic heterocycles. The van der Waals surface area contributed by atoms with Gasteiger partial charge in [-0.2, -0.15) is 0 Å². The van der Waals surface area contributed by atoms with E-state index in [-0.39, 0.29) is 6.10 Å². The van der Waals surface area contributed by atoms with Crippen LogP contribution in [0.25, 0.3) is 0 Å². The molecule has 0 aliphatic carbocycles. The summed E-state index contributed by atoms with van der Waals surface area (Å²) in [5, 5.41) is 9.50. The third-order valence-electron chi connectivity index (χ3n) is 3.10. The topological polar surface area (TPSA) is 55.6 Å². The minimum Gasteiger partial charge on any atom is -0.310 e. The van der Waals surface area contributed by atoms with Crippen LogP contribution in [-0.4, -0.2) is 35.7 Å². The predicted molar refractivity (Wildman–Crippen MR) is 61.7 cm³/mol. The van der Waals surface area contributed by atoms with Crippen molar-refractivity contribution in [2.75, 3.05) is 19.6 Å². The average molecular weight is 230 g/mol. The van der Waals surface area contributed by atoms with Crippen molar-refractivity contribution in [1.29, 1.82) is 0 Å². The molecule has 0 bridgehead atoms. The Morgan fingerprint density at radius 1 is 1.31 bits per heavy atom. The molecule has 0 aromatic carbocycles. The number of nitrogens with zero attached hydrogens (tertiary/aromatic N) is 2. The van der Waals surface area contributed by atoms with Crippen LogP contribution in [0.5, 0.6) is 0 Å². The summed E-state index contributed by atoms with van der Waals surface area (Å²) >= 11 is 0. The average Bonchev–Trinajstić information content (AvgIpc) is 2.26. The van der Waals surface area contributed by atoms with Crippen molar-refractivity contribution in [3.63, 3.8) is 0 Å². The molecule has 0 radical (unpaired) electrons. The van der Waals surface area contributed by atoms with Crippen molar-refractivity contribution >= 4 is 0 Å². The van der Waals surface area contributed by atoms with Crippen molar-refractivity contribution in [2.24, 2.45) is 0 Å². The number of piperidine rings is 1. The Bertz CT molecular complexity index is 203. The molecule has 94 valence electrons. The molecule has 0 spiro atoms. The maximum Gasteiger partial charge on any atom is 0.294 e. The van der Waals surface area contributed by atoms with Gasteiger partial charge in [-0.15, -0.1) is 10.1 Å². The summed E-state index contributed by atoms with van der Waals surface area (Å²) in [5.74, 6) is 0. The monoisotopic (exact) mass is 230 g/mol. The number of hydrogen-bond acceptors (Lipinski definition) is 4. The highest BCUT2D eigenvalue weighted by Gasteiger charge is 2.21. The molecule has 5 heteroatoms. The molecule has 0 N–H and O–H groups in total. The first-order valence-corrected chi connectivity index (χ1v) is 6.26. The lowest BCUT2D eigenvalue weighted by molar-refractivity contribution is -0.769. The maximum atomic E-state index is 10.2. The van der Waals surface area contributed by atoms with Crippen LogP contribution in [0.3, 0.4) is 0 Å². The predicted octanol–water partition coefficient (Wildman–Crippen LogP) is 2.24. The summed E-state index contributed by atoms with van der Waals surface area (Å²) in [5.41, 5.74) is 0. The Hall–Kier alpha value is -0.840. The van der Waals surface area contributed by atoms with Crippen LogP contribution in [0.1, 0.15) is 45.4 Å². The molecule has 1 rings (SSSR count). The van der Waals surface area contributed by atoms with Crippen molar-refractivity contribution in [2.45, 2.75) is 51.6 Å². The van der Waals surface area contributed by atoms with E-state index in [0.29, 0.717) is 0 Å². The molecule has 1 fully saturated rings. The van der Waals surface area contributed by atoms with Crippen LogP contribution >= 0.6 is 0 Å². The summed E-state index contributed by atoms with van der Waals surface area (Å²) in [4.78, 5) is 17.1. The van der Waals surface area contributed by atoms with Gasteiger partial charge in [0.25, 0.3) is 5.09 Å². The molecule has 1 saturated heterocycles. The Morgan fingerprint density at radius 3 is 2.56 bits per heavy atom. The first-order chi connectivity index (χ1) is 7.72. The summed E-state index contributed by atoms with van der Waals surface area (Å²) in [7, 11) is 0. The van der Waals surface area contributed by atoms with Crippen LogP contribution < -0.4 is 0 Å². The lowest BCUT2D eigenvalue weighted by Gasteiger charge is -2.30. The van der Waals surface area contributed by atoms with Gasteiger partial charge in [-0.1, -0.05) is 26.2 Å². The normalized spacial score (nSPS) is 18.6. The highest BCUT2D eigenvalue weighted by Crippen LogP contribution is 2.14.